The summed E-state index contributed by atoms with van der Waals surface area (Å²) in [6, 6.07) is 6.62. The third-order valence-electron chi connectivity index (χ3n) is 3.11. The molecule has 0 aliphatic carbocycles. The van der Waals surface area contributed by atoms with Crippen molar-refractivity contribution in [2.24, 2.45) is 0 Å². The number of aliphatic carboxylic acids is 2. The van der Waals surface area contributed by atoms with Gasteiger partial charge in [0.05, 0.1) is 17.7 Å². The van der Waals surface area contributed by atoms with E-state index in [2.05, 4.69) is 42.0 Å². The summed E-state index contributed by atoms with van der Waals surface area (Å²) in [7, 11) is 0. The number of nitrogens with one attached hydrogen (secondary N) is 1. The Hall–Kier alpha value is -1.64. The molecule has 1 aromatic rings. The van der Waals surface area contributed by atoms with Crippen LogP contribution in [0.3, 0.4) is 0 Å². The molecule has 0 aliphatic rings. The zero-order valence-electron chi connectivity index (χ0n) is 14.8. The highest BCUT2D eigenvalue weighted by molar-refractivity contribution is 9.10. The monoisotopic (exact) mass is 419 g/mol. The van der Waals surface area contributed by atoms with Crippen LogP contribution in [0.5, 0.6) is 5.75 Å². The third-order valence-corrected chi connectivity index (χ3v) is 3.73. The minimum Gasteiger partial charge on any atom is -0.490 e. The van der Waals surface area contributed by atoms with Crippen molar-refractivity contribution in [1.82, 2.24) is 5.32 Å². The maximum atomic E-state index is 9.10. The van der Waals surface area contributed by atoms with E-state index in [1.807, 2.05) is 18.2 Å². The standard InChI is InChI=1S/C15H24BrNO2.C2H2O4/c1-4-13(3)17-7-8-18-9-10-19-15-6-5-12(2)11-14(15)16;3-1(4)2(5)6/h5-6,11,13,17H,4,7-10H2,1-3H3;(H,3,4)(H,5,6). The van der Waals surface area contributed by atoms with Crippen molar-refractivity contribution in [3.8, 4) is 5.75 Å². The average molecular weight is 420 g/mol. The molecule has 8 heteroatoms. The summed E-state index contributed by atoms with van der Waals surface area (Å²) in [5, 5.41) is 18.2. The highest BCUT2D eigenvalue weighted by Crippen LogP contribution is 2.25. The van der Waals surface area contributed by atoms with E-state index in [1.165, 1.54) is 5.56 Å². The fourth-order valence-electron chi connectivity index (χ4n) is 1.56. The van der Waals surface area contributed by atoms with E-state index < -0.39 is 11.9 Å². The molecule has 3 N–H and O–H groups in total. The van der Waals surface area contributed by atoms with Crippen LogP contribution < -0.4 is 10.1 Å². The number of halogens is 1. The van der Waals surface area contributed by atoms with E-state index in [0.717, 1.165) is 29.8 Å². The minimum absolute atomic E-state index is 0.559. The lowest BCUT2D eigenvalue weighted by Gasteiger charge is -2.12. The van der Waals surface area contributed by atoms with Crippen LogP contribution in [0.2, 0.25) is 0 Å². The Morgan fingerprint density at radius 1 is 1.20 bits per heavy atom. The van der Waals surface area contributed by atoms with Crippen LogP contribution in [-0.2, 0) is 14.3 Å². The van der Waals surface area contributed by atoms with Crippen molar-refractivity contribution < 1.29 is 29.3 Å². The van der Waals surface area contributed by atoms with Crippen LogP contribution in [0.1, 0.15) is 25.8 Å². The lowest BCUT2D eigenvalue weighted by molar-refractivity contribution is -0.159. The summed E-state index contributed by atoms with van der Waals surface area (Å²) in [6.45, 7) is 9.21. The van der Waals surface area contributed by atoms with E-state index >= 15 is 0 Å². The molecule has 25 heavy (non-hydrogen) atoms. The van der Waals surface area contributed by atoms with Gasteiger partial charge >= 0.3 is 11.9 Å². The van der Waals surface area contributed by atoms with Crippen LogP contribution in [0.15, 0.2) is 22.7 Å². The van der Waals surface area contributed by atoms with Crippen LogP contribution >= 0.6 is 15.9 Å². The molecule has 1 aromatic carbocycles. The van der Waals surface area contributed by atoms with Gasteiger partial charge in [-0.05, 0) is 53.9 Å². The van der Waals surface area contributed by atoms with Crippen LogP contribution in [0.25, 0.3) is 0 Å². The van der Waals surface area contributed by atoms with Gasteiger partial charge in [0.25, 0.3) is 0 Å². The van der Waals surface area contributed by atoms with Gasteiger partial charge in [-0.2, -0.15) is 0 Å². The molecule has 0 spiro atoms. The second kappa shape index (κ2) is 13.6. The number of rotatable bonds is 9. The highest BCUT2D eigenvalue weighted by Gasteiger charge is 2.04. The van der Waals surface area contributed by atoms with Gasteiger partial charge in [0.1, 0.15) is 12.4 Å². The lowest BCUT2D eigenvalue weighted by Crippen LogP contribution is -2.29. The predicted molar refractivity (Wildman–Crippen MR) is 98.2 cm³/mol. The molecule has 1 unspecified atom stereocenters. The molecular formula is C17H26BrNO6. The number of benzene rings is 1. The minimum atomic E-state index is -1.82. The number of carbonyl (C=O) groups is 2. The fourth-order valence-corrected chi connectivity index (χ4v) is 2.17. The summed E-state index contributed by atoms with van der Waals surface area (Å²) in [6.07, 6.45) is 1.14. The predicted octanol–water partition coefficient (Wildman–Crippen LogP) is 2.70. The summed E-state index contributed by atoms with van der Waals surface area (Å²) < 4.78 is 12.2. The molecule has 0 saturated heterocycles. The van der Waals surface area contributed by atoms with Gasteiger partial charge in [0.15, 0.2) is 0 Å². The SMILES string of the molecule is CCC(C)NCCOCCOc1ccc(C)cc1Br.O=C(O)C(=O)O. The first-order chi connectivity index (χ1) is 11.8. The van der Waals surface area contributed by atoms with Gasteiger partial charge in [0.2, 0.25) is 0 Å². The Labute approximate surface area is 156 Å². The number of carboxylic acids is 2. The quantitative estimate of drug-likeness (QED) is 0.417. The molecule has 0 fully saturated rings. The van der Waals surface area contributed by atoms with Crippen molar-refractivity contribution in [2.75, 3.05) is 26.4 Å². The molecule has 142 valence electrons. The van der Waals surface area contributed by atoms with Gasteiger partial charge in [-0.15, -0.1) is 0 Å². The van der Waals surface area contributed by atoms with Gasteiger partial charge in [-0.25, -0.2) is 9.59 Å². The largest absolute Gasteiger partial charge is 0.490 e. The van der Waals surface area contributed by atoms with E-state index in [1.54, 1.807) is 0 Å². The van der Waals surface area contributed by atoms with Crippen LogP contribution in [0.4, 0.5) is 0 Å². The topological polar surface area (TPSA) is 105 Å². The van der Waals surface area contributed by atoms with Gasteiger partial charge in [0, 0.05) is 12.6 Å². The van der Waals surface area contributed by atoms with Crippen molar-refractivity contribution in [3.63, 3.8) is 0 Å². The van der Waals surface area contributed by atoms with E-state index in [9.17, 15) is 0 Å². The third kappa shape index (κ3) is 12.4. The van der Waals surface area contributed by atoms with Gasteiger partial charge in [-0.1, -0.05) is 13.0 Å². The molecular weight excluding hydrogens is 394 g/mol. The first-order valence-electron chi connectivity index (χ1n) is 7.94. The van der Waals surface area contributed by atoms with Crippen LogP contribution in [0, 0.1) is 6.92 Å². The van der Waals surface area contributed by atoms with Crippen molar-refractivity contribution in [3.05, 3.63) is 28.2 Å². The number of carboxylic acid groups (broad SMARTS) is 2. The Balaban J connectivity index is 0.000000823. The molecule has 0 radical (unpaired) electrons. The summed E-state index contributed by atoms with van der Waals surface area (Å²) in [4.78, 5) is 18.2. The maximum absolute atomic E-state index is 9.10. The average Bonchev–Trinajstić information content (AvgIpc) is 2.55. The van der Waals surface area contributed by atoms with Crippen molar-refractivity contribution in [1.29, 1.82) is 0 Å². The summed E-state index contributed by atoms with van der Waals surface area (Å²) in [5.41, 5.74) is 1.21. The zero-order chi connectivity index (χ0) is 19.2. The number of hydrogen-bond acceptors (Lipinski definition) is 5. The molecule has 7 nitrogen and oxygen atoms in total. The Kier molecular flexibility index (Phi) is 12.7. The number of aryl methyl sites for hydroxylation is 1. The molecule has 0 aromatic heterocycles. The molecule has 0 saturated carbocycles. The number of ether oxygens (including phenoxy) is 2. The molecule has 1 rings (SSSR count). The second-order valence-electron chi connectivity index (χ2n) is 5.27. The Morgan fingerprint density at radius 3 is 2.36 bits per heavy atom. The van der Waals surface area contributed by atoms with Crippen LogP contribution in [-0.4, -0.2) is 54.6 Å². The van der Waals surface area contributed by atoms with Gasteiger partial charge in [-0.3, -0.25) is 0 Å². The molecule has 0 bridgehead atoms. The normalized spacial score (nSPS) is 11.2. The Morgan fingerprint density at radius 2 is 1.84 bits per heavy atom. The first-order valence-corrected chi connectivity index (χ1v) is 8.73. The first kappa shape index (κ1) is 23.4. The second-order valence-corrected chi connectivity index (χ2v) is 6.12. The van der Waals surface area contributed by atoms with E-state index in [0.29, 0.717) is 19.3 Å². The lowest BCUT2D eigenvalue weighted by atomic mass is 10.2. The molecule has 0 amide bonds. The summed E-state index contributed by atoms with van der Waals surface area (Å²) >= 11 is 3.49. The van der Waals surface area contributed by atoms with Crippen molar-refractivity contribution >= 4 is 27.9 Å². The summed E-state index contributed by atoms with van der Waals surface area (Å²) in [5.74, 6) is -2.78. The molecule has 0 aliphatic heterocycles. The maximum Gasteiger partial charge on any atom is 0.414 e. The van der Waals surface area contributed by atoms with Gasteiger partial charge < -0.3 is 25.0 Å². The van der Waals surface area contributed by atoms with Crippen molar-refractivity contribution in [2.45, 2.75) is 33.2 Å². The fraction of sp³-hybridized carbons (Fsp3) is 0.529. The number of hydrogen-bond donors (Lipinski definition) is 3. The van der Waals surface area contributed by atoms with E-state index in [-0.39, 0.29) is 0 Å². The zero-order valence-corrected chi connectivity index (χ0v) is 16.3. The highest BCUT2D eigenvalue weighted by atomic mass is 79.9. The Bertz CT molecular complexity index is 526. The van der Waals surface area contributed by atoms with E-state index in [4.69, 9.17) is 29.3 Å². The molecule has 0 heterocycles. The molecule has 1 atom stereocenters. The smallest absolute Gasteiger partial charge is 0.414 e.